The van der Waals surface area contributed by atoms with Gasteiger partial charge in [-0.2, -0.15) is 0 Å². The van der Waals surface area contributed by atoms with Crippen molar-refractivity contribution < 1.29 is 18.8 Å². The summed E-state index contributed by atoms with van der Waals surface area (Å²) in [6, 6.07) is 7.62. The molecule has 3 rings (SSSR count). The third-order valence-electron chi connectivity index (χ3n) is 3.63. The van der Waals surface area contributed by atoms with E-state index in [0.29, 0.717) is 21.4 Å². The molecule has 0 radical (unpaired) electrons. The van der Waals surface area contributed by atoms with Gasteiger partial charge in [0, 0.05) is 12.1 Å². The highest BCUT2D eigenvalue weighted by Gasteiger charge is 2.34. The van der Waals surface area contributed by atoms with Crippen LogP contribution in [-0.2, 0) is 9.59 Å². The molecule has 1 fully saturated rings. The van der Waals surface area contributed by atoms with E-state index in [9.17, 15) is 14.4 Å². The van der Waals surface area contributed by atoms with Crippen LogP contribution in [0.1, 0.15) is 12.7 Å². The number of urea groups is 1. The van der Waals surface area contributed by atoms with Gasteiger partial charge in [-0.3, -0.25) is 19.8 Å². The van der Waals surface area contributed by atoms with Gasteiger partial charge in [-0.15, -0.1) is 0 Å². The van der Waals surface area contributed by atoms with Crippen LogP contribution in [0, 0.1) is 0 Å². The first-order valence-corrected chi connectivity index (χ1v) is 8.11. The lowest BCUT2D eigenvalue weighted by atomic mass is 10.1. The molecule has 2 aromatic rings. The van der Waals surface area contributed by atoms with E-state index < -0.39 is 17.8 Å². The van der Waals surface area contributed by atoms with Gasteiger partial charge in [0.15, 0.2) is 0 Å². The van der Waals surface area contributed by atoms with Crippen LogP contribution in [-0.4, -0.2) is 29.3 Å². The summed E-state index contributed by atoms with van der Waals surface area (Å²) in [6.07, 6.45) is 1.29. The van der Waals surface area contributed by atoms with E-state index in [-0.39, 0.29) is 17.9 Å². The van der Waals surface area contributed by atoms with E-state index in [1.807, 2.05) is 0 Å². The molecule has 2 heterocycles. The highest BCUT2D eigenvalue weighted by atomic mass is 35.5. The summed E-state index contributed by atoms with van der Waals surface area (Å²) in [5.74, 6) is -0.727. The van der Waals surface area contributed by atoms with Crippen molar-refractivity contribution in [3.63, 3.8) is 0 Å². The minimum absolute atomic E-state index is 0.150. The monoisotopic (exact) mass is 378 g/mol. The molecule has 128 valence electrons. The van der Waals surface area contributed by atoms with Crippen molar-refractivity contribution in [2.75, 3.05) is 6.54 Å². The number of carbonyl (C=O) groups excluding carboxylic acids is 3. The molecule has 25 heavy (non-hydrogen) atoms. The molecular formula is C17H12Cl2N2O4. The van der Waals surface area contributed by atoms with E-state index in [4.69, 9.17) is 27.6 Å². The second kappa shape index (κ2) is 6.74. The van der Waals surface area contributed by atoms with Crippen molar-refractivity contribution in [2.45, 2.75) is 6.92 Å². The maximum atomic E-state index is 12.3. The van der Waals surface area contributed by atoms with Crippen molar-refractivity contribution in [1.82, 2.24) is 10.2 Å². The fraction of sp³-hybridized carbons (Fsp3) is 0.118. The van der Waals surface area contributed by atoms with Crippen LogP contribution in [0.4, 0.5) is 4.79 Å². The Morgan fingerprint density at radius 1 is 1.16 bits per heavy atom. The first-order valence-electron chi connectivity index (χ1n) is 7.35. The lowest BCUT2D eigenvalue weighted by Gasteiger charge is -2.24. The number of barbiturate groups is 1. The van der Waals surface area contributed by atoms with Gasteiger partial charge < -0.3 is 4.42 Å². The largest absolute Gasteiger partial charge is 0.457 e. The van der Waals surface area contributed by atoms with Gasteiger partial charge in [0.2, 0.25) is 0 Å². The summed E-state index contributed by atoms with van der Waals surface area (Å²) in [6.45, 7) is 1.79. The third kappa shape index (κ3) is 3.18. The molecule has 0 saturated carbocycles. The molecule has 1 aliphatic rings. The molecule has 0 unspecified atom stereocenters. The predicted molar refractivity (Wildman–Crippen MR) is 93.1 cm³/mol. The number of benzene rings is 1. The molecule has 0 atom stereocenters. The highest BCUT2D eigenvalue weighted by molar-refractivity contribution is 6.43. The number of likely N-dealkylation sites (N-methyl/N-ethyl adjacent to an activating group) is 1. The number of hydrogen-bond donors (Lipinski definition) is 1. The number of amides is 4. The van der Waals surface area contributed by atoms with Gasteiger partial charge in [0.1, 0.15) is 17.1 Å². The van der Waals surface area contributed by atoms with Gasteiger partial charge in [-0.25, -0.2) is 4.79 Å². The fourth-order valence-electron chi connectivity index (χ4n) is 2.39. The fourth-order valence-corrected chi connectivity index (χ4v) is 2.79. The lowest BCUT2D eigenvalue weighted by molar-refractivity contribution is -0.129. The molecule has 0 aliphatic carbocycles. The number of furan rings is 1. The number of rotatable bonds is 3. The molecule has 8 heteroatoms. The Balaban J connectivity index is 1.96. The number of nitrogens with one attached hydrogen (secondary N) is 1. The van der Waals surface area contributed by atoms with Crippen LogP contribution < -0.4 is 5.32 Å². The zero-order valence-corrected chi connectivity index (χ0v) is 14.5. The Hall–Kier alpha value is -2.57. The van der Waals surface area contributed by atoms with E-state index >= 15 is 0 Å². The van der Waals surface area contributed by atoms with Gasteiger partial charge in [-0.1, -0.05) is 29.3 Å². The van der Waals surface area contributed by atoms with Crippen molar-refractivity contribution >= 4 is 47.1 Å². The summed E-state index contributed by atoms with van der Waals surface area (Å²) in [5, 5.41) is 2.84. The first kappa shape index (κ1) is 17.3. The molecule has 0 bridgehead atoms. The van der Waals surface area contributed by atoms with Crippen LogP contribution in [0.5, 0.6) is 0 Å². The van der Waals surface area contributed by atoms with Crippen LogP contribution in [0.3, 0.4) is 0 Å². The van der Waals surface area contributed by atoms with Crippen LogP contribution in [0.15, 0.2) is 40.3 Å². The molecule has 0 spiro atoms. The quantitative estimate of drug-likeness (QED) is 0.651. The molecular weight excluding hydrogens is 367 g/mol. The summed E-state index contributed by atoms with van der Waals surface area (Å²) >= 11 is 12.1. The van der Waals surface area contributed by atoms with E-state index in [1.54, 1.807) is 37.3 Å². The number of hydrogen-bond acceptors (Lipinski definition) is 4. The Morgan fingerprint density at radius 2 is 1.92 bits per heavy atom. The standard InChI is InChI=1S/C17H12Cl2N2O4/c1-2-21-16(23)11(15(22)20-17(21)24)8-9-6-7-13(25-9)10-4-3-5-12(18)14(10)19/h3-8H,2H2,1H3,(H,20,22,24)/b11-8+. The van der Waals surface area contributed by atoms with Gasteiger partial charge in [0.05, 0.1) is 10.0 Å². The Morgan fingerprint density at radius 3 is 2.64 bits per heavy atom. The molecule has 1 aliphatic heterocycles. The average Bonchev–Trinajstić information content (AvgIpc) is 3.03. The highest BCUT2D eigenvalue weighted by Crippen LogP contribution is 2.34. The minimum atomic E-state index is -0.765. The minimum Gasteiger partial charge on any atom is -0.457 e. The molecule has 6 nitrogen and oxygen atoms in total. The molecule has 1 aromatic heterocycles. The smallest absolute Gasteiger partial charge is 0.331 e. The Labute approximate surface area is 153 Å². The zero-order chi connectivity index (χ0) is 18.1. The number of carbonyl (C=O) groups is 3. The average molecular weight is 379 g/mol. The predicted octanol–water partition coefficient (Wildman–Crippen LogP) is 3.74. The Bertz CT molecular complexity index is 917. The van der Waals surface area contributed by atoms with Crippen LogP contribution in [0.25, 0.3) is 17.4 Å². The van der Waals surface area contributed by atoms with Crippen LogP contribution >= 0.6 is 23.2 Å². The first-order chi connectivity index (χ1) is 11.9. The number of halogens is 2. The van der Waals surface area contributed by atoms with Gasteiger partial charge in [-0.05, 0) is 37.3 Å². The van der Waals surface area contributed by atoms with E-state index in [1.165, 1.54) is 6.08 Å². The SMILES string of the molecule is CCN1C(=O)NC(=O)/C(=C\c2ccc(-c3cccc(Cl)c3Cl)o2)C1=O. The van der Waals surface area contributed by atoms with E-state index in [0.717, 1.165) is 4.90 Å². The van der Waals surface area contributed by atoms with Crippen molar-refractivity contribution in [1.29, 1.82) is 0 Å². The Kier molecular flexibility index (Phi) is 4.65. The zero-order valence-electron chi connectivity index (χ0n) is 13.0. The number of imide groups is 2. The summed E-state index contributed by atoms with van der Waals surface area (Å²) in [5.41, 5.74) is 0.406. The van der Waals surface area contributed by atoms with Crippen molar-refractivity contribution in [2.24, 2.45) is 0 Å². The third-order valence-corrected chi connectivity index (χ3v) is 4.45. The van der Waals surface area contributed by atoms with Gasteiger partial charge >= 0.3 is 6.03 Å². The maximum absolute atomic E-state index is 12.3. The molecule has 1 saturated heterocycles. The number of nitrogens with zero attached hydrogens (tertiary/aromatic N) is 1. The topological polar surface area (TPSA) is 79.6 Å². The normalized spacial score (nSPS) is 16.5. The summed E-state index contributed by atoms with van der Waals surface area (Å²) in [4.78, 5) is 36.7. The summed E-state index contributed by atoms with van der Waals surface area (Å²) in [7, 11) is 0. The van der Waals surface area contributed by atoms with E-state index in [2.05, 4.69) is 5.32 Å². The maximum Gasteiger partial charge on any atom is 0.331 e. The molecule has 1 N–H and O–H groups in total. The molecule has 1 aromatic carbocycles. The second-order valence-electron chi connectivity index (χ2n) is 5.17. The second-order valence-corrected chi connectivity index (χ2v) is 5.96. The van der Waals surface area contributed by atoms with Crippen molar-refractivity contribution in [3.8, 4) is 11.3 Å². The lowest BCUT2D eigenvalue weighted by Crippen LogP contribution is -2.53. The van der Waals surface area contributed by atoms with Gasteiger partial charge in [0.25, 0.3) is 11.8 Å². The van der Waals surface area contributed by atoms with Crippen LogP contribution in [0.2, 0.25) is 10.0 Å². The molecule has 4 amide bonds. The van der Waals surface area contributed by atoms with Crippen molar-refractivity contribution in [3.05, 3.63) is 51.7 Å². The summed E-state index contributed by atoms with van der Waals surface area (Å²) < 4.78 is 5.65.